The van der Waals surface area contributed by atoms with Gasteiger partial charge in [-0.1, -0.05) is 34.7 Å². The molecule has 0 aliphatic heterocycles. The molecule has 0 saturated carbocycles. The third-order valence-corrected chi connectivity index (χ3v) is 5.10. The summed E-state index contributed by atoms with van der Waals surface area (Å²) in [6, 6.07) is 14.2. The van der Waals surface area contributed by atoms with Gasteiger partial charge >= 0.3 is 5.97 Å². The first-order valence-corrected chi connectivity index (χ1v) is 9.12. The van der Waals surface area contributed by atoms with Gasteiger partial charge in [-0.2, -0.15) is 0 Å². The van der Waals surface area contributed by atoms with Gasteiger partial charge in [0.2, 0.25) is 0 Å². The summed E-state index contributed by atoms with van der Waals surface area (Å²) in [6.45, 7) is 1.97. The number of alkyl halides is 1. The fraction of sp³-hybridized carbons (Fsp3) is 0.211. The van der Waals surface area contributed by atoms with Crippen molar-refractivity contribution in [2.75, 3.05) is 7.11 Å². The minimum Gasteiger partial charge on any atom is -0.497 e. The molecule has 24 heavy (non-hydrogen) atoms. The maximum atomic E-state index is 11.3. The number of halogens is 1. The average Bonchev–Trinajstić information content (AvgIpc) is 2.86. The highest BCUT2D eigenvalue weighted by Gasteiger charge is 2.18. The van der Waals surface area contributed by atoms with Gasteiger partial charge in [-0.15, -0.1) is 0 Å². The molecule has 0 saturated heterocycles. The summed E-state index contributed by atoms with van der Waals surface area (Å²) in [5.41, 5.74) is 5.07. The number of hydrogen-bond donors (Lipinski definition) is 1. The van der Waals surface area contributed by atoms with Gasteiger partial charge in [-0.25, -0.2) is 0 Å². The number of aromatic nitrogens is 1. The molecule has 0 bridgehead atoms. The Morgan fingerprint density at radius 3 is 2.50 bits per heavy atom. The second kappa shape index (κ2) is 6.84. The van der Waals surface area contributed by atoms with E-state index in [1.54, 1.807) is 7.11 Å². The summed E-state index contributed by atoms with van der Waals surface area (Å²) >= 11 is 2.34. The van der Waals surface area contributed by atoms with Gasteiger partial charge in [0, 0.05) is 21.2 Å². The predicted molar refractivity (Wildman–Crippen MR) is 104 cm³/mol. The molecule has 124 valence electrons. The number of rotatable bonds is 5. The Labute approximate surface area is 154 Å². The highest BCUT2D eigenvalue weighted by molar-refractivity contribution is 14.1. The number of nitrogens with zero attached hydrogens (tertiary/aromatic N) is 1. The lowest BCUT2D eigenvalue weighted by Crippen LogP contribution is -2.03. The van der Waals surface area contributed by atoms with Gasteiger partial charge in [-0.3, -0.25) is 4.79 Å². The van der Waals surface area contributed by atoms with Crippen molar-refractivity contribution in [3.8, 4) is 11.4 Å². The number of carboxylic acid groups (broad SMARTS) is 1. The molecule has 2 aromatic carbocycles. The molecule has 0 atom stereocenters. The fourth-order valence-electron chi connectivity index (χ4n) is 3.03. The van der Waals surface area contributed by atoms with Crippen molar-refractivity contribution < 1.29 is 14.6 Å². The lowest BCUT2D eigenvalue weighted by Gasteiger charge is -2.10. The molecule has 3 aromatic rings. The standard InChI is InChI=1S/C19H18INO3/c1-12-16(10-19(22)23)17-9-15(24-2)7-8-18(17)21(12)14-5-3-13(11-20)4-6-14/h3-9H,10-11H2,1-2H3,(H,22,23). The monoisotopic (exact) mass is 435 g/mol. The molecule has 0 spiro atoms. The zero-order valence-electron chi connectivity index (χ0n) is 13.5. The fourth-order valence-corrected chi connectivity index (χ4v) is 3.54. The summed E-state index contributed by atoms with van der Waals surface area (Å²) < 4.78 is 8.39. The van der Waals surface area contributed by atoms with Crippen molar-refractivity contribution in [2.45, 2.75) is 17.8 Å². The highest BCUT2D eigenvalue weighted by atomic mass is 127. The quantitative estimate of drug-likeness (QED) is 0.474. The van der Waals surface area contributed by atoms with E-state index >= 15 is 0 Å². The maximum Gasteiger partial charge on any atom is 0.307 e. The van der Waals surface area contributed by atoms with Crippen LogP contribution in [0, 0.1) is 6.92 Å². The van der Waals surface area contributed by atoms with Crippen LogP contribution in [0.4, 0.5) is 0 Å². The van der Waals surface area contributed by atoms with Gasteiger partial charge in [0.25, 0.3) is 0 Å². The van der Waals surface area contributed by atoms with Crippen LogP contribution >= 0.6 is 22.6 Å². The topological polar surface area (TPSA) is 51.5 Å². The molecule has 0 unspecified atom stereocenters. The van der Waals surface area contributed by atoms with Crippen LogP contribution in [-0.4, -0.2) is 22.8 Å². The van der Waals surface area contributed by atoms with Crippen molar-refractivity contribution in [2.24, 2.45) is 0 Å². The summed E-state index contributed by atoms with van der Waals surface area (Å²) in [7, 11) is 1.62. The van der Waals surface area contributed by atoms with Gasteiger partial charge in [-0.05, 0) is 48.4 Å². The van der Waals surface area contributed by atoms with Gasteiger partial charge in [0.05, 0.1) is 19.0 Å². The van der Waals surface area contributed by atoms with Crippen LogP contribution in [0.15, 0.2) is 42.5 Å². The molecule has 0 aliphatic rings. The van der Waals surface area contributed by atoms with Crippen molar-refractivity contribution in [1.29, 1.82) is 0 Å². The highest BCUT2D eigenvalue weighted by Crippen LogP contribution is 2.32. The first kappa shape index (κ1) is 16.8. The van der Waals surface area contributed by atoms with E-state index < -0.39 is 5.97 Å². The lowest BCUT2D eigenvalue weighted by atomic mass is 10.1. The summed E-state index contributed by atoms with van der Waals surface area (Å²) in [5, 5.41) is 10.2. The van der Waals surface area contributed by atoms with Gasteiger partial charge in [0.15, 0.2) is 0 Å². The molecule has 3 rings (SSSR count). The molecule has 0 radical (unpaired) electrons. The molecule has 4 nitrogen and oxygen atoms in total. The van der Waals surface area contributed by atoms with Gasteiger partial charge in [0.1, 0.15) is 5.75 Å². The van der Waals surface area contributed by atoms with Crippen molar-refractivity contribution >= 4 is 39.5 Å². The molecule has 1 heterocycles. The number of benzene rings is 2. The number of fused-ring (bicyclic) bond motifs is 1. The van der Waals surface area contributed by atoms with Crippen molar-refractivity contribution in [1.82, 2.24) is 4.57 Å². The molecule has 1 N–H and O–H groups in total. The van der Waals surface area contributed by atoms with E-state index in [4.69, 9.17) is 4.74 Å². The normalized spacial score (nSPS) is 11.0. The van der Waals surface area contributed by atoms with Crippen LogP contribution < -0.4 is 4.74 Å². The third-order valence-electron chi connectivity index (χ3n) is 4.22. The molecule has 0 fully saturated rings. The van der Waals surface area contributed by atoms with E-state index in [1.165, 1.54) is 5.56 Å². The first-order valence-electron chi connectivity index (χ1n) is 7.60. The molecular formula is C19H18INO3. The average molecular weight is 435 g/mol. The van der Waals surface area contributed by atoms with Crippen LogP contribution in [0.3, 0.4) is 0 Å². The van der Waals surface area contributed by atoms with Crippen LogP contribution in [0.5, 0.6) is 5.75 Å². The van der Waals surface area contributed by atoms with Crippen LogP contribution in [0.2, 0.25) is 0 Å². The molecule has 5 heteroatoms. The van der Waals surface area contributed by atoms with Gasteiger partial charge < -0.3 is 14.4 Å². The number of aliphatic carboxylic acids is 1. The van der Waals surface area contributed by atoms with E-state index in [-0.39, 0.29) is 6.42 Å². The lowest BCUT2D eigenvalue weighted by molar-refractivity contribution is -0.136. The smallest absolute Gasteiger partial charge is 0.307 e. The second-order valence-electron chi connectivity index (χ2n) is 5.65. The maximum absolute atomic E-state index is 11.3. The van der Waals surface area contributed by atoms with Crippen LogP contribution in [0.25, 0.3) is 16.6 Å². The summed E-state index contributed by atoms with van der Waals surface area (Å²) in [4.78, 5) is 11.3. The first-order chi connectivity index (χ1) is 11.5. The Bertz CT molecular complexity index is 897. The number of carboxylic acids is 1. The number of hydrogen-bond acceptors (Lipinski definition) is 2. The Balaban J connectivity index is 2.26. The van der Waals surface area contributed by atoms with E-state index in [0.717, 1.165) is 38.0 Å². The zero-order valence-corrected chi connectivity index (χ0v) is 15.7. The number of carbonyl (C=O) groups is 1. The Kier molecular flexibility index (Phi) is 4.80. The van der Waals surface area contributed by atoms with Crippen molar-refractivity contribution in [3.63, 3.8) is 0 Å². The molecule has 1 aromatic heterocycles. The zero-order chi connectivity index (χ0) is 17.3. The van der Waals surface area contributed by atoms with E-state index in [1.807, 2.05) is 25.1 Å². The minimum absolute atomic E-state index is 0.00562. The minimum atomic E-state index is -0.833. The molecule has 0 amide bonds. The summed E-state index contributed by atoms with van der Waals surface area (Å²) in [5.74, 6) is -0.105. The van der Waals surface area contributed by atoms with E-state index in [9.17, 15) is 9.90 Å². The number of methoxy groups -OCH3 is 1. The number of ether oxygens (including phenoxy) is 1. The Morgan fingerprint density at radius 2 is 1.92 bits per heavy atom. The second-order valence-corrected chi connectivity index (χ2v) is 6.42. The van der Waals surface area contributed by atoms with E-state index in [0.29, 0.717) is 0 Å². The van der Waals surface area contributed by atoms with Crippen LogP contribution in [-0.2, 0) is 15.6 Å². The largest absolute Gasteiger partial charge is 0.497 e. The molecular weight excluding hydrogens is 417 g/mol. The van der Waals surface area contributed by atoms with Crippen LogP contribution in [0.1, 0.15) is 16.8 Å². The Hall–Kier alpha value is -2.02. The SMILES string of the molecule is COc1ccc2c(c1)c(CC(=O)O)c(C)n2-c1ccc(CI)cc1. The molecule has 0 aliphatic carbocycles. The van der Waals surface area contributed by atoms with E-state index in [2.05, 4.69) is 51.4 Å². The predicted octanol–water partition coefficient (Wildman–Crippen LogP) is 4.51. The van der Waals surface area contributed by atoms with Crippen molar-refractivity contribution in [3.05, 3.63) is 59.3 Å². The third kappa shape index (κ3) is 3.00. The Morgan fingerprint density at radius 1 is 1.21 bits per heavy atom. The summed E-state index contributed by atoms with van der Waals surface area (Å²) in [6.07, 6.45) is -0.00562.